The second-order valence-corrected chi connectivity index (χ2v) is 5.80. The summed E-state index contributed by atoms with van der Waals surface area (Å²) in [6.07, 6.45) is 2.48. The lowest BCUT2D eigenvalue weighted by Crippen LogP contribution is -2.39. The van der Waals surface area contributed by atoms with Gasteiger partial charge in [0.1, 0.15) is 0 Å². The van der Waals surface area contributed by atoms with Gasteiger partial charge in [0, 0.05) is 25.1 Å². The van der Waals surface area contributed by atoms with Crippen molar-refractivity contribution in [2.24, 2.45) is 11.7 Å². The number of nitrogens with zero attached hydrogens (tertiary/aromatic N) is 1. The minimum Gasteiger partial charge on any atom is -0.384 e. The van der Waals surface area contributed by atoms with Crippen molar-refractivity contribution < 1.29 is 4.74 Å². The van der Waals surface area contributed by atoms with E-state index in [-0.39, 0.29) is 6.04 Å². The van der Waals surface area contributed by atoms with Crippen LogP contribution in [0.25, 0.3) is 0 Å². The Morgan fingerprint density at radius 1 is 1.53 bits per heavy atom. The molecule has 0 spiro atoms. The Kier molecular flexibility index (Phi) is 4.98. The van der Waals surface area contributed by atoms with Crippen molar-refractivity contribution in [1.29, 1.82) is 0 Å². The summed E-state index contributed by atoms with van der Waals surface area (Å²) in [6.45, 7) is 4.21. The van der Waals surface area contributed by atoms with Gasteiger partial charge < -0.3 is 15.4 Å². The fourth-order valence-electron chi connectivity index (χ4n) is 2.44. The lowest BCUT2D eigenvalue weighted by Gasteiger charge is -2.32. The molecule has 1 aromatic rings. The number of thiophene rings is 1. The molecule has 1 aliphatic rings. The Balaban J connectivity index is 1.74. The lowest BCUT2D eigenvalue weighted by molar-refractivity contribution is 0.0972. The zero-order valence-corrected chi connectivity index (χ0v) is 11.3. The first-order valence-electron chi connectivity index (χ1n) is 6.30. The second-order valence-electron chi connectivity index (χ2n) is 4.82. The fraction of sp³-hybridized carbons (Fsp3) is 0.692. The topological polar surface area (TPSA) is 38.5 Å². The van der Waals surface area contributed by atoms with E-state index in [1.165, 1.54) is 17.7 Å². The van der Waals surface area contributed by atoms with Crippen molar-refractivity contribution in [2.45, 2.75) is 18.9 Å². The Labute approximate surface area is 108 Å². The number of hydrogen-bond acceptors (Lipinski definition) is 4. The Morgan fingerprint density at radius 3 is 2.88 bits per heavy atom. The van der Waals surface area contributed by atoms with Crippen LogP contribution in [0.2, 0.25) is 0 Å². The minimum absolute atomic E-state index is 0.175. The molecule has 0 aromatic carbocycles. The number of methoxy groups -OCH3 is 1. The van der Waals surface area contributed by atoms with E-state index in [0.29, 0.717) is 0 Å². The van der Waals surface area contributed by atoms with Crippen molar-refractivity contribution in [3.63, 3.8) is 0 Å². The molecule has 1 aromatic heterocycles. The molecule has 2 heterocycles. The predicted octanol–water partition coefficient (Wildman–Crippen LogP) is 2.11. The zero-order valence-electron chi connectivity index (χ0n) is 10.5. The van der Waals surface area contributed by atoms with Crippen LogP contribution in [0, 0.1) is 5.92 Å². The number of rotatable bonds is 5. The number of likely N-dealkylation sites (tertiary alicyclic amines) is 1. The molecule has 1 aliphatic heterocycles. The van der Waals surface area contributed by atoms with E-state index >= 15 is 0 Å². The van der Waals surface area contributed by atoms with Crippen molar-refractivity contribution in [1.82, 2.24) is 4.90 Å². The molecule has 0 bridgehead atoms. The largest absolute Gasteiger partial charge is 0.384 e. The molecule has 1 unspecified atom stereocenters. The standard InChI is InChI=1S/C13H22N2OS/c1-16-10-11-4-6-15(7-5-11)9-12(14)13-3-2-8-17-13/h2-3,8,11-12H,4-7,9-10,14H2,1H3. The van der Waals surface area contributed by atoms with Crippen LogP contribution < -0.4 is 5.73 Å². The third kappa shape index (κ3) is 3.78. The number of piperidine rings is 1. The maximum Gasteiger partial charge on any atom is 0.0519 e. The van der Waals surface area contributed by atoms with Crippen molar-refractivity contribution in [3.05, 3.63) is 22.4 Å². The van der Waals surface area contributed by atoms with Gasteiger partial charge in [-0.2, -0.15) is 0 Å². The molecule has 0 saturated carbocycles. The molecular formula is C13H22N2OS. The van der Waals surface area contributed by atoms with Crippen LogP contribution in [-0.2, 0) is 4.74 Å². The summed E-state index contributed by atoms with van der Waals surface area (Å²) in [5.74, 6) is 0.745. The van der Waals surface area contributed by atoms with E-state index < -0.39 is 0 Å². The van der Waals surface area contributed by atoms with Gasteiger partial charge in [-0.05, 0) is 43.3 Å². The molecule has 0 radical (unpaired) electrons. The molecule has 0 amide bonds. The van der Waals surface area contributed by atoms with Gasteiger partial charge in [-0.3, -0.25) is 0 Å². The van der Waals surface area contributed by atoms with Crippen molar-refractivity contribution in [2.75, 3.05) is 33.4 Å². The SMILES string of the molecule is COCC1CCN(CC(N)c2cccs2)CC1. The summed E-state index contributed by atoms with van der Waals surface area (Å²) in [5.41, 5.74) is 6.21. The highest BCUT2D eigenvalue weighted by Gasteiger charge is 2.21. The first-order chi connectivity index (χ1) is 8.29. The number of hydrogen-bond donors (Lipinski definition) is 1. The molecule has 2 N–H and O–H groups in total. The number of ether oxygens (including phenoxy) is 1. The number of nitrogens with two attached hydrogens (primary N) is 1. The average molecular weight is 254 g/mol. The van der Waals surface area contributed by atoms with Gasteiger partial charge in [0.25, 0.3) is 0 Å². The molecule has 0 aliphatic carbocycles. The van der Waals surface area contributed by atoms with Gasteiger partial charge in [0.15, 0.2) is 0 Å². The third-order valence-electron chi connectivity index (χ3n) is 3.47. The molecule has 2 rings (SSSR count). The molecule has 1 atom stereocenters. The van der Waals surface area contributed by atoms with E-state index in [4.69, 9.17) is 10.5 Å². The van der Waals surface area contributed by atoms with Gasteiger partial charge in [0.2, 0.25) is 0 Å². The maximum absolute atomic E-state index is 6.21. The molecule has 96 valence electrons. The first kappa shape index (κ1) is 13.0. The predicted molar refractivity (Wildman–Crippen MR) is 72.3 cm³/mol. The second kappa shape index (κ2) is 6.50. The minimum atomic E-state index is 0.175. The quantitative estimate of drug-likeness (QED) is 0.874. The van der Waals surface area contributed by atoms with Gasteiger partial charge in [0.05, 0.1) is 6.04 Å². The van der Waals surface area contributed by atoms with E-state index in [1.54, 1.807) is 18.4 Å². The first-order valence-corrected chi connectivity index (χ1v) is 7.18. The Bertz CT molecular complexity index is 307. The van der Waals surface area contributed by atoms with Gasteiger partial charge in [-0.1, -0.05) is 6.07 Å². The monoisotopic (exact) mass is 254 g/mol. The van der Waals surface area contributed by atoms with Gasteiger partial charge in [-0.25, -0.2) is 0 Å². The Hall–Kier alpha value is -0.420. The highest BCUT2D eigenvalue weighted by atomic mass is 32.1. The summed E-state index contributed by atoms with van der Waals surface area (Å²) in [6, 6.07) is 4.38. The highest BCUT2D eigenvalue weighted by molar-refractivity contribution is 7.10. The van der Waals surface area contributed by atoms with Crippen LogP contribution in [0.1, 0.15) is 23.8 Å². The van der Waals surface area contributed by atoms with Gasteiger partial charge in [-0.15, -0.1) is 11.3 Å². The molecule has 17 heavy (non-hydrogen) atoms. The smallest absolute Gasteiger partial charge is 0.0519 e. The molecule has 1 saturated heterocycles. The molecular weight excluding hydrogens is 232 g/mol. The third-order valence-corrected chi connectivity index (χ3v) is 4.48. The van der Waals surface area contributed by atoms with Crippen LogP contribution in [0.3, 0.4) is 0 Å². The summed E-state index contributed by atoms with van der Waals surface area (Å²) >= 11 is 1.76. The highest BCUT2D eigenvalue weighted by Crippen LogP contribution is 2.21. The lowest BCUT2D eigenvalue weighted by atomic mass is 9.97. The normalized spacial score (nSPS) is 20.6. The summed E-state index contributed by atoms with van der Waals surface area (Å²) in [4.78, 5) is 3.78. The summed E-state index contributed by atoms with van der Waals surface area (Å²) in [5, 5.41) is 2.10. The fourth-order valence-corrected chi connectivity index (χ4v) is 3.16. The zero-order chi connectivity index (χ0) is 12.1. The molecule has 3 nitrogen and oxygen atoms in total. The van der Waals surface area contributed by atoms with E-state index in [9.17, 15) is 0 Å². The van der Waals surface area contributed by atoms with Crippen LogP contribution >= 0.6 is 11.3 Å². The molecule has 1 fully saturated rings. The van der Waals surface area contributed by atoms with Gasteiger partial charge >= 0.3 is 0 Å². The van der Waals surface area contributed by atoms with E-state index in [0.717, 1.165) is 32.2 Å². The van der Waals surface area contributed by atoms with E-state index in [1.807, 2.05) is 0 Å². The van der Waals surface area contributed by atoms with Crippen LogP contribution in [0.15, 0.2) is 17.5 Å². The van der Waals surface area contributed by atoms with Crippen LogP contribution in [0.5, 0.6) is 0 Å². The van der Waals surface area contributed by atoms with Crippen LogP contribution in [-0.4, -0.2) is 38.3 Å². The average Bonchev–Trinajstić information content (AvgIpc) is 2.86. The van der Waals surface area contributed by atoms with E-state index in [2.05, 4.69) is 22.4 Å². The summed E-state index contributed by atoms with van der Waals surface area (Å²) < 4.78 is 5.21. The Morgan fingerprint density at radius 2 is 2.29 bits per heavy atom. The summed E-state index contributed by atoms with van der Waals surface area (Å²) in [7, 11) is 1.79. The maximum atomic E-state index is 6.21. The van der Waals surface area contributed by atoms with Crippen LogP contribution in [0.4, 0.5) is 0 Å². The van der Waals surface area contributed by atoms with Crippen molar-refractivity contribution >= 4 is 11.3 Å². The molecule has 4 heteroatoms. The van der Waals surface area contributed by atoms with Crippen molar-refractivity contribution in [3.8, 4) is 0 Å².